The average Bonchev–Trinajstić information content (AvgIpc) is 3.46. The molecule has 0 aromatic carbocycles. The van der Waals surface area contributed by atoms with Crippen LogP contribution in [-0.4, -0.2) is 34.3 Å². The highest BCUT2D eigenvalue weighted by Gasteiger charge is 2.26. The summed E-state index contributed by atoms with van der Waals surface area (Å²) in [5.41, 5.74) is 4.22. The van der Waals surface area contributed by atoms with Gasteiger partial charge in [0.25, 0.3) is 0 Å². The van der Waals surface area contributed by atoms with Crippen LogP contribution in [0.15, 0.2) is 24.5 Å². The Morgan fingerprint density at radius 1 is 1.08 bits per heavy atom. The van der Waals surface area contributed by atoms with Crippen molar-refractivity contribution < 1.29 is 0 Å². The van der Waals surface area contributed by atoms with E-state index >= 15 is 0 Å². The van der Waals surface area contributed by atoms with Crippen molar-refractivity contribution in [3.8, 4) is 11.3 Å². The fourth-order valence-electron chi connectivity index (χ4n) is 3.38. The van der Waals surface area contributed by atoms with Gasteiger partial charge < -0.3 is 4.90 Å². The standard InChI is InChI=1S/C20H25ClN4S/c1-13-9-14(2)20(23-11-13)17-10-19(22-12-18(17)21)25-7-5-15(6-8-25)24-26-16-3-4-16/h9-12,15-16,24H,3-8H2,1-2H3. The highest BCUT2D eigenvalue weighted by atomic mass is 35.5. The third-order valence-corrected chi connectivity index (χ3v) is 6.63. The van der Waals surface area contributed by atoms with Crippen LogP contribution >= 0.6 is 23.5 Å². The van der Waals surface area contributed by atoms with Crippen molar-refractivity contribution in [1.29, 1.82) is 0 Å². The molecule has 0 amide bonds. The highest BCUT2D eigenvalue weighted by Crippen LogP contribution is 2.34. The number of nitrogens with one attached hydrogen (secondary N) is 1. The maximum absolute atomic E-state index is 6.45. The molecule has 1 saturated heterocycles. The van der Waals surface area contributed by atoms with Gasteiger partial charge in [0, 0.05) is 42.3 Å². The van der Waals surface area contributed by atoms with Gasteiger partial charge in [0.1, 0.15) is 5.82 Å². The molecule has 4 nitrogen and oxygen atoms in total. The number of halogens is 1. The van der Waals surface area contributed by atoms with Crippen LogP contribution < -0.4 is 9.62 Å². The maximum Gasteiger partial charge on any atom is 0.129 e. The molecule has 0 spiro atoms. The lowest BCUT2D eigenvalue weighted by Gasteiger charge is -2.33. The van der Waals surface area contributed by atoms with E-state index in [1.807, 2.05) is 18.1 Å². The molecule has 0 bridgehead atoms. The minimum atomic E-state index is 0.615. The summed E-state index contributed by atoms with van der Waals surface area (Å²) in [7, 11) is 0. The molecule has 4 rings (SSSR count). The number of aromatic nitrogens is 2. The number of anilines is 1. The van der Waals surface area contributed by atoms with Gasteiger partial charge in [0.15, 0.2) is 0 Å². The molecule has 2 fully saturated rings. The molecule has 138 valence electrons. The monoisotopic (exact) mass is 388 g/mol. The number of piperidine rings is 1. The van der Waals surface area contributed by atoms with Gasteiger partial charge >= 0.3 is 0 Å². The van der Waals surface area contributed by atoms with Crippen LogP contribution in [0.2, 0.25) is 5.02 Å². The number of hydrogen-bond donors (Lipinski definition) is 1. The van der Waals surface area contributed by atoms with Crippen LogP contribution in [0.3, 0.4) is 0 Å². The Hall–Kier alpha value is -1.30. The van der Waals surface area contributed by atoms with E-state index in [1.54, 1.807) is 6.20 Å². The van der Waals surface area contributed by atoms with Crippen LogP contribution in [0.1, 0.15) is 36.8 Å². The van der Waals surface area contributed by atoms with Crippen molar-refractivity contribution in [2.24, 2.45) is 0 Å². The van der Waals surface area contributed by atoms with Crippen LogP contribution in [0.25, 0.3) is 11.3 Å². The molecule has 1 saturated carbocycles. The molecule has 3 heterocycles. The summed E-state index contributed by atoms with van der Waals surface area (Å²) < 4.78 is 3.65. The van der Waals surface area contributed by atoms with Gasteiger partial charge in [-0.2, -0.15) is 0 Å². The zero-order valence-corrected chi connectivity index (χ0v) is 16.9. The Bertz CT molecular complexity index is 785. The van der Waals surface area contributed by atoms with Crippen molar-refractivity contribution in [3.63, 3.8) is 0 Å². The first kappa shape index (κ1) is 18.1. The Kier molecular flexibility index (Phi) is 5.39. The average molecular weight is 389 g/mol. The minimum absolute atomic E-state index is 0.615. The van der Waals surface area contributed by atoms with Crippen LogP contribution in [0.5, 0.6) is 0 Å². The van der Waals surface area contributed by atoms with E-state index in [0.717, 1.165) is 59.4 Å². The minimum Gasteiger partial charge on any atom is -0.356 e. The van der Waals surface area contributed by atoms with E-state index < -0.39 is 0 Å². The van der Waals surface area contributed by atoms with E-state index in [9.17, 15) is 0 Å². The van der Waals surface area contributed by atoms with Gasteiger partial charge in [0.05, 0.1) is 10.7 Å². The Morgan fingerprint density at radius 3 is 2.54 bits per heavy atom. The highest BCUT2D eigenvalue weighted by molar-refractivity contribution is 7.98. The molecule has 2 aromatic heterocycles. The molecule has 2 aliphatic rings. The lowest BCUT2D eigenvalue weighted by atomic mass is 10.0. The predicted octanol–water partition coefficient (Wildman–Crippen LogP) is 4.78. The summed E-state index contributed by atoms with van der Waals surface area (Å²) in [6, 6.07) is 4.86. The van der Waals surface area contributed by atoms with Crippen molar-refractivity contribution in [2.75, 3.05) is 18.0 Å². The second-order valence-electron chi connectivity index (χ2n) is 7.40. The number of pyridine rings is 2. The van der Waals surface area contributed by atoms with Crippen molar-refractivity contribution in [2.45, 2.75) is 50.8 Å². The van der Waals surface area contributed by atoms with E-state index in [4.69, 9.17) is 11.6 Å². The van der Waals surface area contributed by atoms with E-state index in [-0.39, 0.29) is 0 Å². The van der Waals surface area contributed by atoms with E-state index in [1.165, 1.54) is 12.8 Å². The summed E-state index contributed by atoms with van der Waals surface area (Å²) in [5.74, 6) is 1.000. The van der Waals surface area contributed by atoms with Crippen LogP contribution in [0, 0.1) is 13.8 Å². The Morgan fingerprint density at radius 2 is 1.85 bits per heavy atom. The number of hydrogen-bond acceptors (Lipinski definition) is 5. The van der Waals surface area contributed by atoms with Gasteiger partial charge in [0.2, 0.25) is 0 Å². The first-order valence-electron chi connectivity index (χ1n) is 9.35. The normalized spacial score (nSPS) is 18.3. The number of nitrogens with zero attached hydrogens (tertiary/aromatic N) is 3. The zero-order valence-electron chi connectivity index (χ0n) is 15.3. The second-order valence-corrected chi connectivity index (χ2v) is 8.94. The van der Waals surface area contributed by atoms with Crippen molar-refractivity contribution >= 4 is 29.4 Å². The number of rotatable bonds is 5. The second kappa shape index (κ2) is 7.75. The topological polar surface area (TPSA) is 41.1 Å². The predicted molar refractivity (Wildman–Crippen MR) is 111 cm³/mol. The van der Waals surface area contributed by atoms with Crippen LogP contribution in [-0.2, 0) is 0 Å². The summed E-state index contributed by atoms with van der Waals surface area (Å²) >= 11 is 8.39. The van der Waals surface area contributed by atoms with Gasteiger partial charge in [-0.15, -0.1) is 0 Å². The molecule has 26 heavy (non-hydrogen) atoms. The third-order valence-electron chi connectivity index (χ3n) is 5.06. The summed E-state index contributed by atoms with van der Waals surface area (Å²) in [5, 5.41) is 1.52. The number of aryl methyl sites for hydroxylation is 2. The first-order valence-corrected chi connectivity index (χ1v) is 10.6. The fourth-order valence-corrected chi connectivity index (χ4v) is 4.57. The summed E-state index contributed by atoms with van der Waals surface area (Å²) in [6.45, 7) is 6.19. The van der Waals surface area contributed by atoms with Crippen molar-refractivity contribution in [1.82, 2.24) is 14.7 Å². The lowest BCUT2D eigenvalue weighted by Crippen LogP contribution is -2.41. The smallest absolute Gasteiger partial charge is 0.129 e. The maximum atomic E-state index is 6.45. The van der Waals surface area contributed by atoms with Crippen molar-refractivity contribution in [3.05, 3.63) is 40.7 Å². The van der Waals surface area contributed by atoms with E-state index in [2.05, 4.69) is 45.6 Å². The SMILES string of the molecule is Cc1cnc(-c2cc(N3CCC(NSC4CC4)CC3)ncc2Cl)c(C)c1. The first-order chi connectivity index (χ1) is 12.6. The third kappa shape index (κ3) is 4.16. The molecular weight excluding hydrogens is 364 g/mol. The summed E-state index contributed by atoms with van der Waals surface area (Å²) in [6.07, 6.45) is 8.72. The van der Waals surface area contributed by atoms with Crippen LogP contribution in [0.4, 0.5) is 5.82 Å². The van der Waals surface area contributed by atoms with Gasteiger partial charge in [-0.05, 0) is 56.7 Å². The molecule has 1 N–H and O–H groups in total. The molecule has 0 atom stereocenters. The molecule has 2 aromatic rings. The Balaban J connectivity index is 1.47. The fraction of sp³-hybridized carbons (Fsp3) is 0.500. The molecular formula is C20H25ClN4S. The zero-order chi connectivity index (χ0) is 18.1. The van der Waals surface area contributed by atoms with Gasteiger partial charge in [-0.1, -0.05) is 29.6 Å². The van der Waals surface area contributed by atoms with Gasteiger partial charge in [-0.25, -0.2) is 4.98 Å². The molecule has 0 radical (unpaired) electrons. The Labute approximate surface area is 164 Å². The molecule has 6 heteroatoms. The molecule has 0 unspecified atom stereocenters. The lowest BCUT2D eigenvalue weighted by molar-refractivity contribution is 0.477. The molecule has 1 aliphatic heterocycles. The quantitative estimate of drug-likeness (QED) is 0.746. The van der Waals surface area contributed by atoms with E-state index in [0.29, 0.717) is 11.1 Å². The summed E-state index contributed by atoms with van der Waals surface area (Å²) in [4.78, 5) is 11.6. The largest absolute Gasteiger partial charge is 0.356 e. The molecule has 1 aliphatic carbocycles. The van der Waals surface area contributed by atoms with Gasteiger partial charge in [-0.3, -0.25) is 9.71 Å².